The summed E-state index contributed by atoms with van der Waals surface area (Å²) >= 11 is 0. The van der Waals surface area contributed by atoms with Crippen molar-refractivity contribution in [3.63, 3.8) is 0 Å². The lowest BCUT2D eigenvalue weighted by Gasteiger charge is -2.07. The minimum absolute atomic E-state index is 0.138. The molecule has 180 valence electrons. The van der Waals surface area contributed by atoms with Gasteiger partial charge >= 0.3 is 5.97 Å². The van der Waals surface area contributed by atoms with Crippen LogP contribution < -0.4 is 0 Å². The van der Waals surface area contributed by atoms with Crippen LogP contribution in [0.25, 0.3) is 0 Å². The van der Waals surface area contributed by atoms with E-state index in [1.807, 2.05) is 6.92 Å². The molecule has 0 rings (SSSR count). The molecule has 0 amide bonds. The van der Waals surface area contributed by atoms with Gasteiger partial charge in [-0.2, -0.15) is 0 Å². The van der Waals surface area contributed by atoms with E-state index in [0.717, 1.165) is 19.4 Å². The molecule has 4 heteroatoms. The topological polar surface area (TPSA) is 44.8 Å². The summed E-state index contributed by atoms with van der Waals surface area (Å²) in [6.07, 6.45) is 23.6. The Morgan fingerprint density at radius 2 is 0.867 bits per heavy atom. The highest BCUT2D eigenvalue weighted by Crippen LogP contribution is 2.13. The van der Waals surface area contributed by atoms with Crippen molar-refractivity contribution < 1.29 is 19.0 Å². The van der Waals surface area contributed by atoms with E-state index in [-0.39, 0.29) is 5.97 Å². The number of esters is 1. The first-order valence-electron chi connectivity index (χ1n) is 13.1. The Bertz CT molecular complexity index is 333. The monoisotopic (exact) mass is 428 g/mol. The largest absolute Gasteiger partial charge is 0.463 e. The molecule has 0 aromatic carbocycles. The molecule has 0 aromatic heterocycles. The molecule has 0 spiro atoms. The molecular weight excluding hydrogens is 376 g/mol. The van der Waals surface area contributed by atoms with E-state index in [2.05, 4.69) is 6.92 Å². The number of unbranched alkanes of at least 4 members (excludes halogenated alkanes) is 15. The van der Waals surface area contributed by atoms with Crippen molar-refractivity contribution in [2.75, 3.05) is 33.0 Å². The molecule has 0 aliphatic carbocycles. The predicted molar refractivity (Wildman–Crippen MR) is 127 cm³/mol. The van der Waals surface area contributed by atoms with Crippen LogP contribution in [0.4, 0.5) is 0 Å². The molecule has 4 nitrogen and oxygen atoms in total. The molecule has 0 saturated carbocycles. The number of hydrogen-bond acceptors (Lipinski definition) is 4. The molecule has 0 fully saturated rings. The highest BCUT2D eigenvalue weighted by molar-refractivity contribution is 5.69. The molecule has 0 saturated heterocycles. The standard InChI is InChI=1S/C26H52O4/c1-3-5-6-7-8-9-10-11-12-13-14-15-16-17-18-19-21-28-22-23-29-24-25-30-26(27)20-4-2/h3-25H2,1-2H3. The van der Waals surface area contributed by atoms with Gasteiger partial charge in [0.25, 0.3) is 0 Å². The molecule has 0 unspecified atom stereocenters. The van der Waals surface area contributed by atoms with Gasteiger partial charge in [0.1, 0.15) is 6.61 Å². The fraction of sp³-hybridized carbons (Fsp3) is 0.962. The first kappa shape index (κ1) is 29.4. The maximum atomic E-state index is 11.2. The second-order valence-electron chi connectivity index (χ2n) is 8.50. The van der Waals surface area contributed by atoms with Crippen LogP contribution in [-0.2, 0) is 19.0 Å². The van der Waals surface area contributed by atoms with Crippen LogP contribution in [0.5, 0.6) is 0 Å². The third kappa shape index (κ3) is 25.4. The Labute approximate surface area is 187 Å². The van der Waals surface area contributed by atoms with Gasteiger partial charge in [-0.25, -0.2) is 0 Å². The van der Waals surface area contributed by atoms with Crippen molar-refractivity contribution in [2.24, 2.45) is 0 Å². The first-order valence-corrected chi connectivity index (χ1v) is 13.1. The second-order valence-corrected chi connectivity index (χ2v) is 8.50. The van der Waals surface area contributed by atoms with Crippen LogP contribution in [0.1, 0.15) is 129 Å². The van der Waals surface area contributed by atoms with Crippen LogP contribution in [0.3, 0.4) is 0 Å². The molecule has 0 atom stereocenters. The smallest absolute Gasteiger partial charge is 0.305 e. The van der Waals surface area contributed by atoms with Gasteiger partial charge in [-0.05, 0) is 12.8 Å². The Kier molecular flexibility index (Phi) is 25.9. The third-order valence-corrected chi connectivity index (χ3v) is 5.46. The summed E-state index contributed by atoms with van der Waals surface area (Å²) in [6, 6.07) is 0. The summed E-state index contributed by atoms with van der Waals surface area (Å²) in [5, 5.41) is 0. The first-order chi connectivity index (χ1) is 14.8. The highest BCUT2D eigenvalue weighted by atomic mass is 16.6. The minimum atomic E-state index is -0.138. The van der Waals surface area contributed by atoms with E-state index < -0.39 is 0 Å². The van der Waals surface area contributed by atoms with E-state index in [1.165, 1.54) is 96.3 Å². The average Bonchev–Trinajstić information content (AvgIpc) is 2.74. The van der Waals surface area contributed by atoms with Crippen molar-refractivity contribution in [3.05, 3.63) is 0 Å². The molecule has 0 aliphatic heterocycles. The molecule has 30 heavy (non-hydrogen) atoms. The Hall–Kier alpha value is -0.610. The quantitative estimate of drug-likeness (QED) is 0.111. The molecule has 0 radical (unpaired) electrons. The van der Waals surface area contributed by atoms with Crippen LogP contribution in [0.2, 0.25) is 0 Å². The Balaban J connectivity index is 3.03. The zero-order valence-corrected chi connectivity index (χ0v) is 20.4. The molecule has 0 bridgehead atoms. The highest BCUT2D eigenvalue weighted by Gasteiger charge is 2.00. The Morgan fingerprint density at radius 1 is 0.467 bits per heavy atom. The van der Waals surface area contributed by atoms with Gasteiger partial charge in [0.15, 0.2) is 0 Å². The van der Waals surface area contributed by atoms with Crippen molar-refractivity contribution in [1.82, 2.24) is 0 Å². The lowest BCUT2D eigenvalue weighted by Crippen LogP contribution is -2.12. The summed E-state index contributed by atoms with van der Waals surface area (Å²) < 4.78 is 16.0. The number of rotatable bonds is 25. The molecule has 0 heterocycles. The van der Waals surface area contributed by atoms with E-state index in [0.29, 0.717) is 32.8 Å². The average molecular weight is 429 g/mol. The SMILES string of the molecule is CCCCCCCCCCCCCCCCCCOCCOCCOC(=O)CCC. The fourth-order valence-electron chi connectivity index (χ4n) is 3.56. The van der Waals surface area contributed by atoms with Crippen LogP contribution >= 0.6 is 0 Å². The van der Waals surface area contributed by atoms with E-state index >= 15 is 0 Å². The van der Waals surface area contributed by atoms with Crippen molar-refractivity contribution in [1.29, 1.82) is 0 Å². The minimum Gasteiger partial charge on any atom is -0.463 e. The number of carbonyl (C=O) groups is 1. The zero-order chi connectivity index (χ0) is 22.0. The number of hydrogen-bond donors (Lipinski definition) is 0. The number of ether oxygens (including phenoxy) is 3. The summed E-state index contributed by atoms with van der Waals surface area (Å²) in [6.45, 7) is 7.08. The lowest BCUT2D eigenvalue weighted by atomic mass is 10.0. The van der Waals surface area contributed by atoms with E-state index in [9.17, 15) is 4.79 Å². The van der Waals surface area contributed by atoms with Crippen LogP contribution in [0.15, 0.2) is 0 Å². The van der Waals surface area contributed by atoms with E-state index in [1.54, 1.807) is 0 Å². The summed E-state index contributed by atoms with van der Waals surface area (Å²) in [7, 11) is 0. The van der Waals surface area contributed by atoms with Gasteiger partial charge in [0, 0.05) is 13.0 Å². The lowest BCUT2D eigenvalue weighted by molar-refractivity contribution is -0.145. The van der Waals surface area contributed by atoms with Gasteiger partial charge in [-0.1, -0.05) is 110 Å². The van der Waals surface area contributed by atoms with Crippen LogP contribution in [-0.4, -0.2) is 39.0 Å². The van der Waals surface area contributed by atoms with Gasteiger partial charge in [-0.3, -0.25) is 4.79 Å². The van der Waals surface area contributed by atoms with Gasteiger partial charge in [-0.15, -0.1) is 0 Å². The summed E-state index contributed by atoms with van der Waals surface area (Å²) in [4.78, 5) is 11.2. The van der Waals surface area contributed by atoms with E-state index in [4.69, 9.17) is 14.2 Å². The van der Waals surface area contributed by atoms with Crippen molar-refractivity contribution in [2.45, 2.75) is 129 Å². The van der Waals surface area contributed by atoms with Crippen molar-refractivity contribution in [3.8, 4) is 0 Å². The zero-order valence-electron chi connectivity index (χ0n) is 20.4. The van der Waals surface area contributed by atoms with Gasteiger partial charge in [0.05, 0.1) is 19.8 Å². The maximum absolute atomic E-state index is 11.2. The predicted octanol–water partition coefficient (Wildman–Crippen LogP) is 7.62. The maximum Gasteiger partial charge on any atom is 0.305 e. The molecule has 0 aliphatic rings. The van der Waals surface area contributed by atoms with Crippen LogP contribution in [0, 0.1) is 0 Å². The summed E-state index contributed by atoms with van der Waals surface area (Å²) in [5.41, 5.74) is 0. The van der Waals surface area contributed by atoms with Gasteiger partial charge in [0.2, 0.25) is 0 Å². The molecule has 0 N–H and O–H groups in total. The normalized spacial score (nSPS) is 11.1. The fourth-order valence-corrected chi connectivity index (χ4v) is 3.56. The third-order valence-electron chi connectivity index (χ3n) is 5.46. The second kappa shape index (κ2) is 26.4. The molecule has 0 aromatic rings. The summed E-state index contributed by atoms with van der Waals surface area (Å²) in [5.74, 6) is -0.138. The van der Waals surface area contributed by atoms with Crippen molar-refractivity contribution >= 4 is 5.97 Å². The Morgan fingerprint density at radius 3 is 1.33 bits per heavy atom. The van der Waals surface area contributed by atoms with Gasteiger partial charge < -0.3 is 14.2 Å². The number of carbonyl (C=O) groups excluding carboxylic acids is 1. The molecular formula is C26H52O4.